The number of nitrogens with zero attached hydrogens (tertiary/aromatic N) is 2. The number of H-pyrrole nitrogens is 1. The zero-order valence-corrected chi connectivity index (χ0v) is 13.9. The van der Waals surface area contributed by atoms with Crippen LogP contribution in [0.15, 0.2) is 17.2 Å². The average Bonchev–Trinajstić information content (AvgIpc) is 3.06. The molecule has 2 N–H and O–H groups in total. The van der Waals surface area contributed by atoms with Gasteiger partial charge in [0.15, 0.2) is 0 Å². The number of rotatable bonds is 7. The van der Waals surface area contributed by atoms with Crippen molar-refractivity contribution in [2.45, 2.75) is 37.2 Å². The van der Waals surface area contributed by atoms with E-state index in [1.165, 1.54) is 4.31 Å². The average molecular weight is 314 g/mol. The fourth-order valence-electron chi connectivity index (χ4n) is 2.71. The van der Waals surface area contributed by atoms with Gasteiger partial charge in [-0.3, -0.25) is 0 Å². The molecule has 0 spiro atoms. The van der Waals surface area contributed by atoms with Crippen LogP contribution in [0.4, 0.5) is 0 Å². The van der Waals surface area contributed by atoms with E-state index < -0.39 is 10.0 Å². The second kappa shape index (κ2) is 6.91. The normalized spacial score (nSPS) is 20.5. The third-order valence-electron chi connectivity index (χ3n) is 4.13. The van der Waals surface area contributed by atoms with Gasteiger partial charge in [0.1, 0.15) is 0 Å². The van der Waals surface area contributed by atoms with E-state index in [1.54, 1.807) is 19.3 Å². The van der Waals surface area contributed by atoms with Crippen molar-refractivity contribution in [3.63, 3.8) is 0 Å². The lowest BCUT2D eigenvalue weighted by Crippen LogP contribution is -2.39. The highest BCUT2D eigenvalue weighted by molar-refractivity contribution is 7.89. The van der Waals surface area contributed by atoms with E-state index in [-0.39, 0.29) is 0 Å². The predicted molar refractivity (Wildman–Crippen MR) is 83.6 cm³/mol. The molecule has 0 aromatic carbocycles. The summed E-state index contributed by atoms with van der Waals surface area (Å²) in [6, 6.07) is 2.04. The predicted octanol–water partition coefficient (Wildman–Crippen LogP) is 0.839. The number of hydrogen-bond acceptors (Lipinski definition) is 4. The zero-order chi connectivity index (χ0) is 15.5. The first kappa shape index (κ1) is 16.5. The van der Waals surface area contributed by atoms with Gasteiger partial charge in [0, 0.05) is 38.1 Å². The first-order valence-corrected chi connectivity index (χ1v) is 8.93. The number of aromatic amines is 1. The topological polar surface area (TPSA) is 68.4 Å². The fourth-order valence-corrected chi connectivity index (χ4v) is 3.94. The van der Waals surface area contributed by atoms with E-state index >= 15 is 0 Å². The Morgan fingerprint density at radius 3 is 2.90 bits per heavy atom. The number of likely N-dealkylation sites (N-methyl/N-ethyl adjacent to an activating group) is 2. The maximum atomic E-state index is 12.6. The van der Waals surface area contributed by atoms with Gasteiger partial charge in [0.05, 0.1) is 4.90 Å². The Balaban J connectivity index is 2.04. The molecule has 7 heteroatoms. The minimum absolute atomic E-state index is 0.324. The van der Waals surface area contributed by atoms with Crippen LogP contribution >= 0.6 is 0 Å². The molecule has 0 saturated carbocycles. The third-order valence-corrected chi connectivity index (χ3v) is 5.93. The van der Waals surface area contributed by atoms with Crippen molar-refractivity contribution in [2.75, 3.05) is 33.7 Å². The van der Waals surface area contributed by atoms with Gasteiger partial charge in [-0.2, -0.15) is 4.31 Å². The van der Waals surface area contributed by atoms with Gasteiger partial charge in [-0.15, -0.1) is 0 Å². The van der Waals surface area contributed by atoms with Crippen molar-refractivity contribution in [3.05, 3.63) is 18.0 Å². The zero-order valence-electron chi connectivity index (χ0n) is 13.1. The molecule has 21 heavy (non-hydrogen) atoms. The molecule has 2 rings (SSSR count). The van der Waals surface area contributed by atoms with Crippen molar-refractivity contribution >= 4 is 10.0 Å². The van der Waals surface area contributed by atoms with E-state index in [0.29, 0.717) is 24.0 Å². The molecule has 1 aromatic heterocycles. The van der Waals surface area contributed by atoms with Crippen molar-refractivity contribution in [1.29, 1.82) is 0 Å². The van der Waals surface area contributed by atoms with Crippen LogP contribution < -0.4 is 5.32 Å². The Labute approximate surface area is 127 Å². The number of hydrogen-bond donors (Lipinski definition) is 2. The smallest absolute Gasteiger partial charge is 0.244 e. The Bertz CT molecular complexity index is 555. The Hall–Kier alpha value is -0.890. The molecule has 1 saturated heterocycles. The van der Waals surface area contributed by atoms with Gasteiger partial charge in [-0.05, 0) is 39.0 Å². The third kappa shape index (κ3) is 3.85. The highest BCUT2D eigenvalue weighted by Gasteiger charge is 2.28. The van der Waals surface area contributed by atoms with Crippen molar-refractivity contribution < 1.29 is 8.42 Å². The summed E-state index contributed by atoms with van der Waals surface area (Å²) in [6.07, 6.45) is 3.79. The standard InChI is InChI=1S/C14H26N4O2S/c1-4-15-9-12-8-14(10-16-12)21(19,20)18(3)11-13-6-5-7-17(13)2/h8,10,13,15-16H,4-7,9,11H2,1-3H3. The molecule has 1 aromatic rings. The molecular weight excluding hydrogens is 288 g/mol. The molecule has 1 aliphatic rings. The second-order valence-corrected chi connectivity index (χ2v) is 7.75. The van der Waals surface area contributed by atoms with Gasteiger partial charge >= 0.3 is 0 Å². The molecule has 6 nitrogen and oxygen atoms in total. The second-order valence-electron chi connectivity index (χ2n) is 5.70. The van der Waals surface area contributed by atoms with Gasteiger partial charge in [0.25, 0.3) is 0 Å². The molecule has 0 amide bonds. The summed E-state index contributed by atoms with van der Waals surface area (Å²) in [5.41, 5.74) is 0.891. The molecule has 0 bridgehead atoms. The van der Waals surface area contributed by atoms with Gasteiger partial charge in [-0.25, -0.2) is 8.42 Å². The SMILES string of the molecule is CCNCc1cc(S(=O)(=O)N(C)CC2CCCN2C)c[nH]1. The van der Waals surface area contributed by atoms with Gasteiger partial charge < -0.3 is 15.2 Å². The molecular formula is C14H26N4O2S. The summed E-state index contributed by atoms with van der Waals surface area (Å²) < 4.78 is 26.6. The first-order chi connectivity index (χ1) is 9.95. The summed E-state index contributed by atoms with van der Waals surface area (Å²) in [6.45, 7) is 5.13. The Morgan fingerprint density at radius 1 is 1.52 bits per heavy atom. The quantitative estimate of drug-likeness (QED) is 0.782. The maximum Gasteiger partial charge on any atom is 0.244 e. The fraction of sp³-hybridized carbons (Fsp3) is 0.714. The van der Waals surface area contributed by atoms with E-state index in [0.717, 1.165) is 31.6 Å². The van der Waals surface area contributed by atoms with Crippen LogP contribution in [-0.2, 0) is 16.6 Å². The van der Waals surface area contributed by atoms with Crippen molar-refractivity contribution in [1.82, 2.24) is 19.5 Å². The molecule has 1 atom stereocenters. The summed E-state index contributed by atoms with van der Waals surface area (Å²) in [7, 11) is 0.317. The van der Waals surface area contributed by atoms with Crippen LogP contribution in [0, 0.1) is 0 Å². The van der Waals surface area contributed by atoms with Crippen LogP contribution in [0.25, 0.3) is 0 Å². The Kier molecular flexibility index (Phi) is 5.43. The highest BCUT2D eigenvalue weighted by Crippen LogP contribution is 2.20. The van der Waals surface area contributed by atoms with Crippen molar-refractivity contribution in [3.8, 4) is 0 Å². The van der Waals surface area contributed by atoms with Gasteiger partial charge in [-0.1, -0.05) is 6.92 Å². The molecule has 1 aliphatic heterocycles. The highest BCUT2D eigenvalue weighted by atomic mass is 32.2. The van der Waals surface area contributed by atoms with Crippen LogP contribution in [-0.4, -0.2) is 62.4 Å². The molecule has 120 valence electrons. The number of nitrogens with one attached hydrogen (secondary N) is 2. The van der Waals surface area contributed by atoms with Crippen molar-refractivity contribution in [2.24, 2.45) is 0 Å². The van der Waals surface area contributed by atoms with Crippen LogP contribution in [0.2, 0.25) is 0 Å². The largest absolute Gasteiger partial charge is 0.363 e. The van der Waals surface area contributed by atoms with E-state index in [9.17, 15) is 8.42 Å². The number of likely N-dealkylation sites (tertiary alicyclic amines) is 1. The van der Waals surface area contributed by atoms with Crippen LogP contribution in [0.5, 0.6) is 0 Å². The summed E-state index contributed by atoms with van der Waals surface area (Å²) >= 11 is 0. The lowest BCUT2D eigenvalue weighted by molar-refractivity contribution is 0.271. The van der Waals surface area contributed by atoms with E-state index in [4.69, 9.17) is 0 Å². The summed E-state index contributed by atoms with van der Waals surface area (Å²) in [5.74, 6) is 0. The summed E-state index contributed by atoms with van der Waals surface area (Å²) in [5, 5.41) is 3.18. The minimum atomic E-state index is -3.41. The maximum absolute atomic E-state index is 12.6. The van der Waals surface area contributed by atoms with Gasteiger partial charge in [0.2, 0.25) is 10.0 Å². The van der Waals surface area contributed by atoms with Crippen LogP contribution in [0.1, 0.15) is 25.5 Å². The van der Waals surface area contributed by atoms with E-state index in [1.807, 2.05) is 6.92 Å². The lowest BCUT2D eigenvalue weighted by atomic mass is 10.2. The monoisotopic (exact) mass is 314 g/mol. The molecule has 0 aliphatic carbocycles. The first-order valence-electron chi connectivity index (χ1n) is 7.49. The summed E-state index contributed by atoms with van der Waals surface area (Å²) in [4.78, 5) is 5.61. The number of sulfonamides is 1. The molecule has 1 fully saturated rings. The number of aromatic nitrogens is 1. The van der Waals surface area contributed by atoms with Crippen LogP contribution in [0.3, 0.4) is 0 Å². The molecule has 2 heterocycles. The Morgan fingerprint density at radius 2 is 2.29 bits per heavy atom. The minimum Gasteiger partial charge on any atom is -0.363 e. The van der Waals surface area contributed by atoms with E-state index in [2.05, 4.69) is 22.2 Å². The molecule has 1 unspecified atom stereocenters. The molecule has 0 radical (unpaired) electrons. The lowest BCUT2D eigenvalue weighted by Gasteiger charge is -2.25.